The molecule has 13 heavy (non-hydrogen) atoms. The molecular weight excluding hydrogens is 236 g/mol. The molecule has 0 aliphatic rings. The number of aromatic nitrogens is 1. The molecule has 0 saturated carbocycles. The van der Waals surface area contributed by atoms with Crippen molar-refractivity contribution in [2.45, 2.75) is 19.9 Å². The number of rotatable bonds is 3. The van der Waals surface area contributed by atoms with Gasteiger partial charge >= 0.3 is 0 Å². The van der Waals surface area contributed by atoms with E-state index in [0.717, 1.165) is 5.76 Å². The van der Waals surface area contributed by atoms with Crippen molar-refractivity contribution in [2.75, 3.05) is 5.33 Å². The molecule has 4 nitrogen and oxygen atoms in total. The second kappa shape index (κ2) is 4.41. The molecule has 0 spiro atoms. The number of carbonyl (C=O) groups is 1. The number of amides is 1. The van der Waals surface area contributed by atoms with Crippen LogP contribution in [0, 0.1) is 6.92 Å². The van der Waals surface area contributed by atoms with Crippen LogP contribution in [-0.4, -0.2) is 16.2 Å². The number of halogens is 1. The SMILES string of the molecule is Cc1cnc(C(C)NC(=O)CBr)o1. The molecule has 0 aliphatic carbocycles. The van der Waals surface area contributed by atoms with Gasteiger partial charge in [0.25, 0.3) is 0 Å². The van der Waals surface area contributed by atoms with E-state index in [2.05, 4.69) is 26.2 Å². The van der Waals surface area contributed by atoms with Crippen molar-refractivity contribution in [2.24, 2.45) is 0 Å². The summed E-state index contributed by atoms with van der Waals surface area (Å²) in [5.74, 6) is 1.20. The standard InChI is InChI=1S/C8H11BrN2O2/c1-5-4-10-8(13-5)6(2)11-7(12)3-9/h4,6H,3H2,1-2H3,(H,11,12). The predicted molar refractivity (Wildman–Crippen MR) is 51.6 cm³/mol. The highest BCUT2D eigenvalue weighted by atomic mass is 79.9. The first-order chi connectivity index (χ1) is 6.13. The Morgan fingerprint density at radius 3 is 3.00 bits per heavy atom. The number of carbonyl (C=O) groups excluding carboxylic acids is 1. The van der Waals surface area contributed by atoms with Gasteiger partial charge in [-0.25, -0.2) is 4.98 Å². The molecule has 1 aromatic heterocycles. The van der Waals surface area contributed by atoms with Crippen molar-refractivity contribution in [3.05, 3.63) is 17.8 Å². The molecule has 1 aromatic rings. The lowest BCUT2D eigenvalue weighted by molar-refractivity contribution is -0.119. The largest absolute Gasteiger partial charge is 0.444 e. The van der Waals surface area contributed by atoms with Gasteiger partial charge in [0.1, 0.15) is 11.8 Å². The Morgan fingerprint density at radius 1 is 1.85 bits per heavy atom. The fourth-order valence-electron chi connectivity index (χ4n) is 0.914. The molecule has 0 saturated heterocycles. The average molecular weight is 247 g/mol. The third-order valence-corrected chi connectivity index (χ3v) is 2.02. The summed E-state index contributed by atoms with van der Waals surface area (Å²) in [6.07, 6.45) is 1.63. The topological polar surface area (TPSA) is 55.1 Å². The van der Waals surface area contributed by atoms with E-state index in [0.29, 0.717) is 5.89 Å². The van der Waals surface area contributed by atoms with Crippen molar-refractivity contribution in [3.8, 4) is 0 Å². The zero-order chi connectivity index (χ0) is 9.84. The van der Waals surface area contributed by atoms with E-state index in [-0.39, 0.29) is 17.3 Å². The van der Waals surface area contributed by atoms with Gasteiger partial charge in [0.15, 0.2) is 0 Å². The van der Waals surface area contributed by atoms with E-state index in [9.17, 15) is 4.79 Å². The Morgan fingerprint density at radius 2 is 2.54 bits per heavy atom. The fourth-order valence-corrected chi connectivity index (χ4v) is 1.08. The first-order valence-corrected chi connectivity index (χ1v) is 5.03. The van der Waals surface area contributed by atoms with Crippen molar-refractivity contribution in [1.29, 1.82) is 0 Å². The highest BCUT2D eigenvalue weighted by molar-refractivity contribution is 9.09. The lowest BCUT2D eigenvalue weighted by atomic mass is 10.3. The Hall–Kier alpha value is -0.840. The van der Waals surface area contributed by atoms with E-state index in [4.69, 9.17) is 4.42 Å². The van der Waals surface area contributed by atoms with E-state index in [1.54, 1.807) is 6.20 Å². The number of hydrogen-bond donors (Lipinski definition) is 1. The van der Waals surface area contributed by atoms with Crippen LogP contribution in [0.5, 0.6) is 0 Å². The molecule has 0 aliphatic heterocycles. The zero-order valence-electron chi connectivity index (χ0n) is 7.50. The van der Waals surface area contributed by atoms with Crippen LogP contribution >= 0.6 is 15.9 Å². The van der Waals surface area contributed by atoms with E-state index >= 15 is 0 Å². The Kier molecular flexibility index (Phi) is 3.48. The normalized spacial score (nSPS) is 12.5. The molecule has 1 atom stereocenters. The maximum atomic E-state index is 11.0. The number of oxazole rings is 1. The molecule has 1 N–H and O–H groups in total. The third-order valence-electron chi connectivity index (χ3n) is 1.51. The molecule has 0 fully saturated rings. The number of aryl methyl sites for hydroxylation is 1. The van der Waals surface area contributed by atoms with Crippen LogP contribution in [0.4, 0.5) is 0 Å². The summed E-state index contributed by atoms with van der Waals surface area (Å²) >= 11 is 3.06. The number of nitrogens with zero attached hydrogens (tertiary/aromatic N) is 1. The van der Waals surface area contributed by atoms with Crippen LogP contribution in [0.3, 0.4) is 0 Å². The van der Waals surface area contributed by atoms with E-state index in [1.807, 2.05) is 13.8 Å². The second-order valence-corrected chi connectivity index (χ2v) is 3.29. The van der Waals surface area contributed by atoms with Crippen LogP contribution in [0.1, 0.15) is 24.6 Å². The first-order valence-electron chi connectivity index (χ1n) is 3.91. The highest BCUT2D eigenvalue weighted by Gasteiger charge is 2.12. The molecule has 1 heterocycles. The quantitative estimate of drug-likeness (QED) is 0.824. The van der Waals surface area contributed by atoms with Crippen molar-refractivity contribution < 1.29 is 9.21 Å². The van der Waals surface area contributed by atoms with Crippen molar-refractivity contribution in [3.63, 3.8) is 0 Å². The molecule has 1 unspecified atom stereocenters. The second-order valence-electron chi connectivity index (χ2n) is 2.73. The minimum Gasteiger partial charge on any atom is -0.444 e. The zero-order valence-corrected chi connectivity index (χ0v) is 9.09. The Bertz CT molecular complexity index is 298. The maximum absolute atomic E-state index is 11.0. The minimum atomic E-state index is -0.182. The lowest BCUT2D eigenvalue weighted by Gasteiger charge is -2.08. The summed E-state index contributed by atoms with van der Waals surface area (Å²) in [4.78, 5) is 15.0. The average Bonchev–Trinajstić information content (AvgIpc) is 2.51. The molecule has 72 valence electrons. The van der Waals surface area contributed by atoms with E-state index in [1.165, 1.54) is 0 Å². The first kappa shape index (κ1) is 10.2. The molecular formula is C8H11BrN2O2. The van der Waals surface area contributed by atoms with Gasteiger partial charge in [0.05, 0.1) is 11.5 Å². The third kappa shape index (κ3) is 2.84. The van der Waals surface area contributed by atoms with Crippen LogP contribution < -0.4 is 5.32 Å². The van der Waals surface area contributed by atoms with Crippen molar-refractivity contribution in [1.82, 2.24) is 10.3 Å². The van der Waals surface area contributed by atoms with Crippen LogP contribution in [0.2, 0.25) is 0 Å². The Labute approximate surface area is 84.8 Å². The lowest BCUT2D eigenvalue weighted by Crippen LogP contribution is -2.27. The number of hydrogen-bond acceptors (Lipinski definition) is 3. The summed E-state index contributed by atoms with van der Waals surface area (Å²) < 4.78 is 5.25. The summed E-state index contributed by atoms with van der Waals surface area (Å²) in [6.45, 7) is 3.64. The van der Waals surface area contributed by atoms with Crippen molar-refractivity contribution >= 4 is 21.8 Å². The maximum Gasteiger partial charge on any atom is 0.231 e. The van der Waals surface area contributed by atoms with Crippen LogP contribution in [0.15, 0.2) is 10.6 Å². The molecule has 0 aromatic carbocycles. The van der Waals surface area contributed by atoms with Gasteiger partial charge in [0, 0.05) is 0 Å². The van der Waals surface area contributed by atoms with Gasteiger partial charge in [-0.2, -0.15) is 0 Å². The molecule has 1 rings (SSSR count). The van der Waals surface area contributed by atoms with Gasteiger partial charge in [-0.3, -0.25) is 4.79 Å². The summed E-state index contributed by atoms with van der Waals surface area (Å²) in [6, 6.07) is -0.182. The van der Waals surface area contributed by atoms with Crippen LogP contribution in [0.25, 0.3) is 0 Å². The van der Waals surface area contributed by atoms with Gasteiger partial charge < -0.3 is 9.73 Å². The number of alkyl halides is 1. The Balaban J connectivity index is 2.58. The van der Waals surface area contributed by atoms with Gasteiger partial charge in [0.2, 0.25) is 11.8 Å². The number of nitrogens with one attached hydrogen (secondary N) is 1. The van der Waals surface area contributed by atoms with Gasteiger partial charge in [-0.05, 0) is 13.8 Å². The molecule has 1 amide bonds. The predicted octanol–water partition coefficient (Wildman–Crippen LogP) is 1.56. The van der Waals surface area contributed by atoms with Gasteiger partial charge in [-0.15, -0.1) is 0 Å². The molecule has 0 radical (unpaired) electrons. The fraction of sp³-hybridized carbons (Fsp3) is 0.500. The summed E-state index contributed by atoms with van der Waals surface area (Å²) in [5, 5.41) is 3.01. The van der Waals surface area contributed by atoms with Gasteiger partial charge in [-0.1, -0.05) is 15.9 Å². The summed E-state index contributed by atoms with van der Waals surface area (Å²) in [5.41, 5.74) is 0. The monoisotopic (exact) mass is 246 g/mol. The highest BCUT2D eigenvalue weighted by Crippen LogP contribution is 2.11. The smallest absolute Gasteiger partial charge is 0.231 e. The van der Waals surface area contributed by atoms with Crippen LogP contribution in [-0.2, 0) is 4.79 Å². The minimum absolute atomic E-state index is 0.0802. The van der Waals surface area contributed by atoms with E-state index < -0.39 is 0 Å². The molecule has 0 bridgehead atoms. The summed E-state index contributed by atoms with van der Waals surface area (Å²) in [7, 11) is 0. The molecule has 5 heteroatoms.